The number of nitrogens with zero attached hydrogens (tertiary/aromatic N) is 5. The van der Waals surface area contributed by atoms with Crippen LogP contribution in [0.15, 0.2) is 48.9 Å². The second kappa shape index (κ2) is 8.96. The molecule has 0 aliphatic heterocycles. The van der Waals surface area contributed by atoms with E-state index in [1.807, 2.05) is 30.3 Å². The van der Waals surface area contributed by atoms with Gasteiger partial charge in [-0.3, -0.25) is 14.5 Å². The Morgan fingerprint density at radius 1 is 1.22 bits per heavy atom. The van der Waals surface area contributed by atoms with Gasteiger partial charge in [-0.2, -0.15) is 15.3 Å². The maximum Gasteiger partial charge on any atom is 0.0965 e. The van der Waals surface area contributed by atoms with Crippen LogP contribution in [0.2, 0.25) is 0 Å². The van der Waals surface area contributed by atoms with E-state index in [4.69, 9.17) is 16.7 Å². The number of aromatic amines is 1. The zero-order valence-corrected chi connectivity index (χ0v) is 21.8. The third kappa shape index (κ3) is 3.68. The monoisotopic (exact) mass is 501 g/mol. The molecule has 4 aromatic rings. The van der Waals surface area contributed by atoms with Gasteiger partial charge in [0.25, 0.3) is 0 Å². The van der Waals surface area contributed by atoms with Crippen LogP contribution < -0.4 is 5.32 Å². The summed E-state index contributed by atoms with van der Waals surface area (Å²) in [5.41, 5.74) is 8.84. The summed E-state index contributed by atoms with van der Waals surface area (Å²) in [6, 6.07) is 7.24. The van der Waals surface area contributed by atoms with Gasteiger partial charge in [0.1, 0.15) is 0 Å². The molecule has 0 amide bonds. The minimum atomic E-state index is -0.172. The Morgan fingerprint density at radius 2 is 2.08 bits per heavy atom. The van der Waals surface area contributed by atoms with Gasteiger partial charge >= 0.3 is 0 Å². The molecule has 3 aromatic heterocycles. The van der Waals surface area contributed by atoms with Crippen LogP contribution in [0.25, 0.3) is 28.2 Å². The minimum absolute atomic E-state index is 0.0375. The average molecular weight is 502 g/mol. The van der Waals surface area contributed by atoms with E-state index in [2.05, 4.69) is 70.0 Å². The Labute approximate surface area is 216 Å². The number of allylic oxidation sites excluding steroid dienone is 1. The molecule has 3 heterocycles. The van der Waals surface area contributed by atoms with Gasteiger partial charge in [0.2, 0.25) is 0 Å². The summed E-state index contributed by atoms with van der Waals surface area (Å²) in [6.07, 6.45) is 12.2. The molecule has 186 valence electrons. The fourth-order valence-electron chi connectivity index (χ4n) is 6.19. The number of rotatable bonds is 5. The van der Waals surface area contributed by atoms with Gasteiger partial charge in [-0.25, -0.2) is 0 Å². The SMILES string of the molecule is C=CNC1CCCC(n2nc(-c3ccc4c(cnn4C)c3)c(C3c4cn[nH]c4C=C(C)C3Cl)c2C)C1. The molecule has 0 radical (unpaired) electrons. The normalized spacial score (nSPS) is 23.9. The summed E-state index contributed by atoms with van der Waals surface area (Å²) in [6.45, 7) is 8.18. The summed E-state index contributed by atoms with van der Waals surface area (Å²) in [4.78, 5) is 0. The lowest BCUT2D eigenvalue weighted by Gasteiger charge is -2.31. The third-order valence-electron chi connectivity index (χ3n) is 8.01. The number of alkyl halides is 1. The van der Waals surface area contributed by atoms with Gasteiger partial charge in [0, 0.05) is 46.8 Å². The van der Waals surface area contributed by atoms with E-state index in [0.29, 0.717) is 12.1 Å². The Morgan fingerprint density at radius 3 is 2.92 bits per heavy atom. The summed E-state index contributed by atoms with van der Waals surface area (Å²) >= 11 is 7.16. The van der Waals surface area contributed by atoms with Crippen molar-refractivity contribution in [2.75, 3.05) is 0 Å². The predicted octanol–water partition coefficient (Wildman–Crippen LogP) is 5.84. The van der Waals surface area contributed by atoms with Crippen LogP contribution in [0.5, 0.6) is 0 Å². The maximum atomic E-state index is 7.16. The van der Waals surface area contributed by atoms with Crippen molar-refractivity contribution in [3.8, 4) is 11.3 Å². The first-order chi connectivity index (χ1) is 17.5. The molecule has 4 unspecified atom stereocenters. The predicted molar refractivity (Wildman–Crippen MR) is 145 cm³/mol. The molecule has 0 saturated heterocycles. The van der Waals surface area contributed by atoms with E-state index < -0.39 is 0 Å². The highest BCUT2D eigenvalue weighted by Crippen LogP contribution is 2.46. The van der Waals surface area contributed by atoms with Crippen LogP contribution in [-0.4, -0.2) is 41.2 Å². The summed E-state index contributed by atoms with van der Waals surface area (Å²) < 4.78 is 4.17. The first-order valence-electron chi connectivity index (χ1n) is 12.7. The van der Waals surface area contributed by atoms with Gasteiger partial charge in [-0.15, -0.1) is 11.6 Å². The lowest BCUT2D eigenvalue weighted by molar-refractivity contribution is 0.280. The van der Waals surface area contributed by atoms with Gasteiger partial charge in [0.05, 0.1) is 40.7 Å². The smallest absolute Gasteiger partial charge is 0.0965 e. The molecule has 1 aromatic carbocycles. The fraction of sp³-hybridized carbons (Fsp3) is 0.393. The Hall–Kier alpha value is -3.32. The molecule has 8 heteroatoms. The van der Waals surface area contributed by atoms with Crippen LogP contribution in [-0.2, 0) is 7.05 Å². The number of fused-ring (bicyclic) bond motifs is 2. The first-order valence-corrected chi connectivity index (χ1v) is 13.1. The van der Waals surface area contributed by atoms with Crippen LogP contribution in [0.1, 0.15) is 67.1 Å². The number of hydrogen-bond acceptors (Lipinski definition) is 4. The standard InChI is InChI=1S/C28H32ClN7/c1-5-30-20-7-6-8-21(13-20)36-17(3)25(26-22-15-31-33-23(22)11-16(2)27(26)29)28(34-36)18-9-10-24-19(12-18)14-32-35(24)4/h5,9-12,14-15,20-21,26-27,30H,1,6-8,13H2,2-4H3,(H,31,33). The number of nitrogens with one attached hydrogen (secondary N) is 2. The lowest BCUT2D eigenvalue weighted by Crippen LogP contribution is -2.32. The second-order valence-electron chi connectivity index (χ2n) is 10.2. The van der Waals surface area contributed by atoms with E-state index in [9.17, 15) is 0 Å². The molecular weight excluding hydrogens is 470 g/mol. The molecule has 2 aliphatic rings. The first kappa shape index (κ1) is 23.1. The van der Waals surface area contributed by atoms with Gasteiger partial charge < -0.3 is 5.32 Å². The average Bonchev–Trinajstić information content (AvgIpc) is 3.58. The van der Waals surface area contributed by atoms with E-state index in [0.717, 1.165) is 64.7 Å². The van der Waals surface area contributed by atoms with Crippen molar-refractivity contribution in [2.24, 2.45) is 7.05 Å². The van der Waals surface area contributed by atoms with Crippen molar-refractivity contribution in [3.05, 3.63) is 71.5 Å². The lowest BCUT2D eigenvalue weighted by atomic mass is 9.80. The van der Waals surface area contributed by atoms with E-state index >= 15 is 0 Å². The number of aromatic nitrogens is 6. The Balaban J connectivity index is 1.53. The summed E-state index contributed by atoms with van der Waals surface area (Å²) in [5, 5.41) is 21.7. The minimum Gasteiger partial charge on any atom is -0.389 e. The van der Waals surface area contributed by atoms with Crippen molar-refractivity contribution < 1.29 is 0 Å². The van der Waals surface area contributed by atoms with E-state index in [1.165, 1.54) is 11.3 Å². The van der Waals surface area contributed by atoms with Gasteiger partial charge in [-0.1, -0.05) is 18.2 Å². The molecule has 4 atom stereocenters. The summed E-state index contributed by atoms with van der Waals surface area (Å²) in [5.74, 6) is -0.0375. The number of hydrogen-bond donors (Lipinski definition) is 2. The van der Waals surface area contributed by atoms with E-state index in [-0.39, 0.29) is 11.3 Å². The topological polar surface area (TPSA) is 76.3 Å². The number of benzene rings is 1. The maximum absolute atomic E-state index is 7.16. The number of aryl methyl sites for hydroxylation is 1. The van der Waals surface area contributed by atoms with Crippen LogP contribution in [0.4, 0.5) is 0 Å². The molecular formula is C28H32ClN7. The largest absolute Gasteiger partial charge is 0.389 e. The third-order valence-corrected chi connectivity index (χ3v) is 8.60. The van der Waals surface area contributed by atoms with Crippen LogP contribution in [0, 0.1) is 6.92 Å². The molecule has 0 bridgehead atoms. The van der Waals surface area contributed by atoms with Crippen LogP contribution >= 0.6 is 11.6 Å². The van der Waals surface area contributed by atoms with Gasteiger partial charge in [-0.05, 0) is 63.9 Å². The second-order valence-corrected chi connectivity index (χ2v) is 10.7. The number of H-pyrrole nitrogens is 1. The molecule has 1 fully saturated rings. The highest BCUT2D eigenvalue weighted by Gasteiger charge is 2.37. The van der Waals surface area contributed by atoms with Crippen molar-refractivity contribution >= 4 is 28.6 Å². The molecule has 7 nitrogen and oxygen atoms in total. The molecule has 6 rings (SSSR count). The Kier molecular flexibility index (Phi) is 5.75. The highest BCUT2D eigenvalue weighted by molar-refractivity contribution is 6.24. The van der Waals surface area contributed by atoms with Gasteiger partial charge in [0.15, 0.2) is 0 Å². The summed E-state index contributed by atoms with van der Waals surface area (Å²) in [7, 11) is 1.97. The fourth-order valence-corrected chi connectivity index (χ4v) is 6.51. The molecule has 36 heavy (non-hydrogen) atoms. The molecule has 0 spiro atoms. The quantitative estimate of drug-likeness (QED) is 0.337. The Bertz CT molecular complexity index is 1470. The van der Waals surface area contributed by atoms with Crippen LogP contribution in [0.3, 0.4) is 0 Å². The van der Waals surface area contributed by atoms with Crippen molar-refractivity contribution in [3.63, 3.8) is 0 Å². The zero-order valence-electron chi connectivity index (χ0n) is 21.0. The zero-order chi connectivity index (χ0) is 25.0. The molecule has 1 saturated carbocycles. The van der Waals surface area contributed by atoms with Crippen molar-refractivity contribution in [1.29, 1.82) is 0 Å². The highest BCUT2D eigenvalue weighted by atomic mass is 35.5. The molecule has 2 N–H and O–H groups in total. The van der Waals surface area contributed by atoms with Crippen molar-refractivity contribution in [2.45, 2.75) is 62.9 Å². The number of halogens is 1. The van der Waals surface area contributed by atoms with Crippen molar-refractivity contribution in [1.82, 2.24) is 35.1 Å². The van der Waals surface area contributed by atoms with E-state index in [1.54, 1.807) is 0 Å². The molecule has 2 aliphatic carbocycles.